The van der Waals surface area contributed by atoms with E-state index in [0.717, 1.165) is 0 Å². The number of amides is 1. The summed E-state index contributed by atoms with van der Waals surface area (Å²) >= 11 is 0. The average molecular weight is 175 g/mol. The van der Waals surface area contributed by atoms with Crippen LogP contribution in [-0.4, -0.2) is 34.2 Å². The normalized spacial score (nSPS) is 10.9. The molecular weight excluding hydrogens is 162 g/mol. The van der Waals surface area contributed by atoms with Crippen molar-refractivity contribution in [1.29, 1.82) is 0 Å². The molecule has 0 saturated heterocycles. The average Bonchev–Trinajstić information content (AvgIpc) is 1.84. The van der Waals surface area contributed by atoms with Gasteiger partial charge in [-0.05, 0) is 13.8 Å². The van der Waals surface area contributed by atoms with Gasteiger partial charge in [-0.25, -0.2) is 0 Å². The van der Waals surface area contributed by atoms with Crippen molar-refractivity contribution in [2.75, 3.05) is 6.61 Å². The molecule has 0 aromatic carbocycles. The van der Waals surface area contributed by atoms with Gasteiger partial charge in [0.1, 0.15) is 6.42 Å². The van der Waals surface area contributed by atoms with Crippen molar-refractivity contribution >= 4 is 11.9 Å². The lowest BCUT2D eigenvalue weighted by atomic mass is 10.1. The van der Waals surface area contributed by atoms with Crippen molar-refractivity contribution in [3.8, 4) is 0 Å². The fourth-order valence-corrected chi connectivity index (χ4v) is 0.598. The number of carbonyl (C=O) groups is 2. The zero-order valence-electron chi connectivity index (χ0n) is 7.13. The zero-order chi connectivity index (χ0) is 9.78. The third kappa shape index (κ3) is 4.68. The van der Waals surface area contributed by atoms with E-state index in [1.165, 1.54) is 0 Å². The van der Waals surface area contributed by atoms with E-state index >= 15 is 0 Å². The molecule has 0 radical (unpaired) electrons. The van der Waals surface area contributed by atoms with Gasteiger partial charge in [0.15, 0.2) is 0 Å². The Morgan fingerprint density at radius 1 is 1.42 bits per heavy atom. The van der Waals surface area contributed by atoms with Crippen molar-refractivity contribution in [3.05, 3.63) is 0 Å². The fourth-order valence-electron chi connectivity index (χ4n) is 0.598. The smallest absolute Gasteiger partial charge is 0.312 e. The van der Waals surface area contributed by atoms with Gasteiger partial charge < -0.3 is 15.5 Å². The van der Waals surface area contributed by atoms with E-state index in [4.69, 9.17) is 10.2 Å². The highest BCUT2D eigenvalue weighted by molar-refractivity contribution is 5.93. The second-order valence-corrected chi connectivity index (χ2v) is 3.16. The van der Waals surface area contributed by atoms with Gasteiger partial charge in [-0.1, -0.05) is 0 Å². The molecule has 0 aromatic heterocycles. The molecular formula is C7H13NO4. The molecule has 0 rings (SSSR count). The van der Waals surface area contributed by atoms with E-state index < -0.39 is 23.8 Å². The zero-order valence-corrected chi connectivity index (χ0v) is 7.13. The third-order valence-corrected chi connectivity index (χ3v) is 1.18. The molecule has 0 aliphatic heterocycles. The maximum atomic E-state index is 10.8. The van der Waals surface area contributed by atoms with E-state index in [-0.39, 0.29) is 6.61 Å². The van der Waals surface area contributed by atoms with E-state index in [0.29, 0.717) is 0 Å². The SMILES string of the molecule is CC(C)(CO)NC(=O)CC(=O)O. The van der Waals surface area contributed by atoms with Crippen LogP contribution in [0.2, 0.25) is 0 Å². The van der Waals surface area contributed by atoms with Gasteiger partial charge in [-0.3, -0.25) is 9.59 Å². The van der Waals surface area contributed by atoms with Crippen molar-refractivity contribution in [2.24, 2.45) is 0 Å². The molecule has 0 unspecified atom stereocenters. The van der Waals surface area contributed by atoms with Crippen LogP contribution in [0.4, 0.5) is 0 Å². The third-order valence-electron chi connectivity index (χ3n) is 1.18. The minimum Gasteiger partial charge on any atom is -0.481 e. The number of carboxylic acid groups (broad SMARTS) is 1. The van der Waals surface area contributed by atoms with Crippen LogP contribution in [0.25, 0.3) is 0 Å². The van der Waals surface area contributed by atoms with Gasteiger partial charge in [-0.2, -0.15) is 0 Å². The number of aliphatic hydroxyl groups excluding tert-OH is 1. The van der Waals surface area contributed by atoms with Crippen molar-refractivity contribution in [2.45, 2.75) is 25.8 Å². The number of carbonyl (C=O) groups excluding carboxylic acids is 1. The van der Waals surface area contributed by atoms with Crippen LogP contribution >= 0.6 is 0 Å². The number of carboxylic acids is 1. The molecule has 1 amide bonds. The summed E-state index contributed by atoms with van der Waals surface area (Å²) in [5, 5.41) is 19.3. The molecule has 0 spiro atoms. The second-order valence-electron chi connectivity index (χ2n) is 3.16. The van der Waals surface area contributed by atoms with E-state index in [1.54, 1.807) is 13.8 Å². The molecule has 0 bridgehead atoms. The Bertz CT molecular complexity index is 188. The highest BCUT2D eigenvalue weighted by atomic mass is 16.4. The summed E-state index contributed by atoms with van der Waals surface area (Å²) in [7, 11) is 0. The van der Waals surface area contributed by atoms with Gasteiger partial charge >= 0.3 is 5.97 Å². The summed E-state index contributed by atoms with van der Waals surface area (Å²) in [5.41, 5.74) is -0.757. The molecule has 0 aliphatic rings. The lowest BCUT2D eigenvalue weighted by molar-refractivity contribution is -0.141. The molecule has 0 fully saturated rings. The summed E-state index contributed by atoms with van der Waals surface area (Å²) in [5.74, 6) is -1.78. The monoisotopic (exact) mass is 175 g/mol. The van der Waals surface area contributed by atoms with Gasteiger partial charge in [0.25, 0.3) is 0 Å². The maximum Gasteiger partial charge on any atom is 0.312 e. The Labute approximate surface area is 70.4 Å². The molecule has 5 nitrogen and oxygen atoms in total. The van der Waals surface area contributed by atoms with Crippen LogP contribution in [0.3, 0.4) is 0 Å². The molecule has 12 heavy (non-hydrogen) atoms. The first-order valence-corrected chi connectivity index (χ1v) is 3.51. The fraction of sp³-hybridized carbons (Fsp3) is 0.714. The number of aliphatic hydroxyl groups is 1. The van der Waals surface area contributed by atoms with E-state index in [2.05, 4.69) is 5.32 Å². The summed E-state index contributed by atoms with van der Waals surface area (Å²) in [4.78, 5) is 20.9. The molecule has 3 N–H and O–H groups in total. The summed E-state index contributed by atoms with van der Waals surface area (Å²) in [6.45, 7) is 2.98. The Morgan fingerprint density at radius 3 is 2.25 bits per heavy atom. The summed E-state index contributed by atoms with van der Waals surface area (Å²) < 4.78 is 0. The number of nitrogens with one attached hydrogen (secondary N) is 1. The van der Waals surface area contributed by atoms with Gasteiger partial charge in [-0.15, -0.1) is 0 Å². The standard InChI is InChI=1S/C7H13NO4/c1-7(2,4-9)8-5(10)3-6(11)12/h9H,3-4H2,1-2H3,(H,8,10)(H,11,12). The van der Waals surface area contributed by atoms with Crippen molar-refractivity contribution in [1.82, 2.24) is 5.32 Å². The lowest BCUT2D eigenvalue weighted by Crippen LogP contribution is -2.46. The molecule has 0 aromatic rings. The van der Waals surface area contributed by atoms with E-state index in [1.807, 2.05) is 0 Å². The van der Waals surface area contributed by atoms with Crippen LogP contribution < -0.4 is 5.32 Å². The van der Waals surface area contributed by atoms with Crippen LogP contribution in [0.5, 0.6) is 0 Å². The maximum absolute atomic E-state index is 10.8. The first-order chi connectivity index (χ1) is 5.37. The number of hydrogen-bond acceptors (Lipinski definition) is 3. The predicted molar refractivity (Wildman–Crippen MR) is 41.6 cm³/mol. The van der Waals surface area contributed by atoms with Crippen LogP contribution in [0.1, 0.15) is 20.3 Å². The van der Waals surface area contributed by atoms with Crippen molar-refractivity contribution < 1.29 is 19.8 Å². The highest BCUT2D eigenvalue weighted by Crippen LogP contribution is 1.99. The van der Waals surface area contributed by atoms with E-state index in [9.17, 15) is 9.59 Å². The molecule has 0 atom stereocenters. The van der Waals surface area contributed by atoms with Gasteiger partial charge in [0, 0.05) is 0 Å². The van der Waals surface area contributed by atoms with Crippen molar-refractivity contribution in [3.63, 3.8) is 0 Å². The second kappa shape index (κ2) is 4.06. The molecule has 0 saturated carbocycles. The molecule has 0 heterocycles. The summed E-state index contributed by atoms with van der Waals surface area (Å²) in [6, 6.07) is 0. The highest BCUT2D eigenvalue weighted by Gasteiger charge is 2.20. The largest absolute Gasteiger partial charge is 0.481 e. The lowest BCUT2D eigenvalue weighted by Gasteiger charge is -2.22. The number of hydrogen-bond donors (Lipinski definition) is 3. The predicted octanol–water partition coefficient (Wildman–Crippen LogP) is -0.652. The Morgan fingerprint density at radius 2 is 1.92 bits per heavy atom. The molecule has 70 valence electrons. The van der Waals surface area contributed by atoms with Crippen LogP contribution in [0, 0.1) is 0 Å². The Hall–Kier alpha value is -1.10. The quantitative estimate of drug-likeness (QED) is 0.495. The minimum atomic E-state index is -1.18. The molecule has 0 aliphatic carbocycles. The summed E-state index contributed by atoms with van der Waals surface area (Å²) in [6.07, 6.45) is -0.566. The first kappa shape index (κ1) is 10.9. The van der Waals surface area contributed by atoms with Gasteiger partial charge in [0.05, 0.1) is 12.1 Å². The minimum absolute atomic E-state index is 0.224. The first-order valence-electron chi connectivity index (χ1n) is 3.51. The number of aliphatic carboxylic acids is 1. The Balaban J connectivity index is 3.92. The van der Waals surface area contributed by atoms with Gasteiger partial charge in [0.2, 0.25) is 5.91 Å². The topological polar surface area (TPSA) is 86.6 Å². The van der Waals surface area contributed by atoms with Crippen LogP contribution in [-0.2, 0) is 9.59 Å². The number of rotatable bonds is 4. The Kier molecular flexibility index (Phi) is 3.69. The van der Waals surface area contributed by atoms with Crippen LogP contribution in [0.15, 0.2) is 0 Å². The molecule has 5 heteroatoms.